The maximum Gasteiger partial charge on any atom is 0.408 e. The van der Waals surface area contributed by atoms with Crippen molar-refractivity contribution in [2.24, 2.45) is 16.9 Å². The molecule has 4 aromatic carbocycles. The molecule has 41 heteroatoms. The number of nitrogens with one attached hydrogen (secondary N) is 4. The molecule has 0 radical (unpaired) electrons. The first-order valence-electron chi connectivity index (χ1n) is 47.3. The molecule has 3 amide bonds. The Morgan fingerprint density at radius 3 is 0.921 bits per heavy atom. The number of alkyl carbamates (subject to hydrolysis) is 2. The molecule has 728 valence electrons. The molecule has 0 atom stereocenters. The number of carbonyl (C=O) groups is 3. The molecular weight excluding hydrogens is 1850 g/mol. The van der Waals surface area contributed by atoms with Gasteiger partial charge < -0.3 is 31.6 Å². The van der Waals surface area contributed by atoms with Crippen LogP contribution in [0.25, 0.3) is 61.6 Å². The number of benzene rings is 4. The van der Waals surface area contributed by atoms with Gasteiger partial charge in [0, 0.05) is 63.2 Å². The largest absolute Gasteiger partial charge is 0.444 e. The summed E-state index contributed by atoms with van der Waals surface area (Å²) in [5.74, 6) is 2.81. The minimum Gasteiger partial charge on any atom is -0.444 e. The van der Waals surface area contributed by atoms with Gasteiger partial charge in [-0.2, -0.15) is 0 Å². The van der Waals surface area contributed by atoms with Crippen LogP contribution in [0.2, 0.25) is 0 Å². The molecule has 27 rings (SSSR count). The fourth-order valence-electron chi connectivity index (χ4n) is 22.2. The van der Waals surface area contributed by atoms with Crippen molar-refractivity contribution < 1.29 is 57.5 Å². The van der Waals surface area contributed by atoms with Gasteiger partial charge in [-0.15, -0.1) is 30.6 Å². The number of anilines is 1. The molecular formula is C98H114N24O13S4. The van der Waals surface area contributed by atoms with Crippen molar-refractivity contribution in [3.05, 3.63) is 211 Å². The van der Waals surface area contributed by atoms with E-state index in [2.05, 4.69) is 77.0 Å². The predicted molar refractivity (Wildman–Crippen MR) is 519 cm³/mol. The Labute approximate surface area is 804 Å². The second-order valence-electron chi connectivity index (χ2n) is 42.0. The Kier molecular flexibility index (Phi) is 22.8. The van der Waals surface area contributed by atoms with Gasteiger partial charge in [0.15, 0.2) is 45.3 Å². The number of carbonyl (C=O) groups excluding carboxylic acids is 3. The summed E-state index contributed by atoms with van der Waals surface area (Å²) in [5, 5.41) is 33.1. The molecule has 12 aliphatic rings. The zero-order valence-corrected chi connectivity index (χ0v) is 82.5. The van der Waals surface area contributed by atoms with Crippen LogP contribution < -0.4 is 33.0 Å². The molecule has 8 bridgehead atoms. The van der Waals surface area contributed by atoms with Crippen molar-refractivity contribution in [1.82, 2.24) is 101 Å². The number of nitrogens with zero attached hydrogens (tertiary/aromatic N) is 18. The number of nitrogens with two attached hydrogens (primary N) is 2. The van der Waals surface area contributed by atoms with Crippen LogP contribution in [0.1, 0.15) is 235 Å². The second-order valence-corrected chi connectivity index (χ2v) is 49.2. The third kappa shape index (κ3) is 16.9. The molecule has 139 heavy (non-hydrogen) atoms. The topological polar surface area (TPSA) is 481 Å². The molecule has 12 aliphatic carbocycles. The van der Waals surface area contributed by atoms with Gasteiger partial charge in [0.1, 0.15) is 34.2 Å². The zero-order chi connectivity index (χ0) is 97.8. The Morgan fingerprint density at radius 1 is 0.345 bits per heavy atom. The molecule has 8 N–H and O–H groups in total. The number of ether oxygens (including phenoxy) is 2. The van der Waals surface area contributed by atoms with Crippen LogP contribution in [0.5, 0.6) is 0 Å². The van der Waals surface area contributed by atoms with Gasteiger partial charge in [-0.3, -0.25) is 28.8 Å². The summed E-state index contributed by atoms with van der Waals surface area (Å²) < 4.78 is 128. The van der Waals surface area contributed by atoms with Crippen molar-refractivity contribution >= 4 is 126 Å². The van der Waals surface area contributed by atoms with E-state index >= 15 is 0 Å². The van der Waals surface area contributed by atoms with Crippen molar-refractivity contribution in [3.8, 4) is 0 Å². The Hall–Kier alpha value is -12.7. The van der Waals surface area contributed by atoms with Gasteiger partial charge in [-0.25, -0.2) is 84.1 Å². The fraction of sp³-hybridized carbons (Fsp3) is 0.449. The van der Waals surface area contributed by atoms with Crippen LogP contribution in [0.15, 0.2) is 190 Å². The lowest BCUT2D eigenvalue weighted by Gasteiger charge is -2.52. The van der Waals surface area contributed by atoms with Gasteiger partial charge >= 0.3 is 12.2 Å². The van der Waals surface area contributed by atoms with E-state index in [1.165, 1.54) is 24.3 Å². The Balaban J connectivity index is 0.000000115. The van der Waals surface area contributed by atoms with Gasteiger partial charge in [0.05, 0.1) is 66.3 Å². The van der Waals surface area contributed by atoms with Gasteiger partial charge in [-0.1, -0.05) is 70.8 Å². The quantitative estimate of drug-likeness (QED) is 0.0489. The molecule has 0 saturated heterocycles. The number of aryl methyl sites for hydroxylation is 4. The number of aromatic nitrogens is 18. The molecule has 15 aromatic rings. The molecule has 12 saturated carbocycles. The maximum atomic E-state index is 13.5. The van der Waals surface area contributed by atoms with Gasteiger partial charge in [0.2, 0.25) is 5.91 Å². The average molecular weight is 1960 g/mol. The number of amides is 3. The molecule has 12 fully saturated rings. The number of rotatable bonds is 16. The van der Waals surface area contributed by atoms with Crippen LogP contribution in [0, 0.1) is 33.1 Å². The first kappa shape index (κ1) is 93.9. The van der Waals surface area contributed by atoms with Crippen LogP contribution in [0.4, 0.5) is 15.4 Å². The third-order valence-electron chi connectivity index (χ3n) is 30.6. The molecule has 37 nitrogen and oxygen atoms in total. The van der Waals surface area contributed by atoms with Crippen molar-refractivity contribution in [2.45, 2.75) is 293 Å². The summed E-state index contributed by atoms with van der Waals surface area (Å²) >= 11 is 0. The molecule has 11 aromatic heterocycles. The summed E-state index contributed by atoms with van der Waals surface area (Å²) in [6.07, 6.45) is 32.4. The monoisotopic (exact) mass is 1960 g/mol. The van der Waals surface area contributed by atoms with Crippen molar-refractivity contribution in [2.75, 3.05) is 5.43 Å². The van der Waals surface area contributed by atoms with E-state index in [1.54, 1.807) is 159 Å². The van der Waals surface area contributed by atoms with Crippen LogP contribution in [-0.4, -0.2) is 170 Å². The lowest BCUT2D eigenvalue weighted by molar-refractivity contribution is -0.137. The summed E-state index contributed by atoms with van der Waals surface area (Å²) in [7, 11) is -15.2. The first-order chi connectivity index (χ1) is 65.9. The summed E-state index contributed by atoms with van der Waals surface area (Å²) in [5.41, 5.74) is 25.5. The van der Waals surface area contributed by atoms with E-state index in [0.717, 1.165) is 159 Å². The highest BCUT2D eigenvalue weighted by molar-refractivity contribution is 7.91. The van der Waals surface area contributed by atoms with E-state index in [4.69, 9.17) is 20.9 Å². The summed E-state index contributed by atoms with van der Waals surface area (Å²) in [4.78, 5) is 61.0. The molecule has 0 aliphatic heterocycles. The van der Waals surface area contributed by atoms with Crippen LogP contribution in [-0.2, 0) is 70.6 Å². The first-order valence-corrected chi connectivity index (χ1v) is 53.1. The number of hydrogen-bond donors (Lipinski definition) is 6. The lowest BCUT2D eigenvalue weighted by Crippen LogP contribution is -2.60. The Bertz CT molecular complexity index is 7590. The van der Waals surface area contributed by atoms with E-state index in [9.17, 15) is 48.1 Å². The summed E-state index contributed by atoms with van der Waals surface area (Å²) in [6, 6.07) is 34.0. The number of fused-ring (bicyclic) bond motifs is 22. The maximum absolute atomic E-state index is 13.5. The standard InChI is InChI=1S/C27H34N6O5S.C27H32N6O4S.2C22H24N6O2S/c1-18-5-7-19(8-6-18)39(36,37)33-16-9-20-22(33)28-17-21(29-20)31-32-23(34)26-10-13-27(14-11-26,15-12-26)30-24(35)38-25(2,3)4;1-18-5-7-19(8-6-18)38(35,36)32-16-9-20-22(32)28-17-21-30-31-23(33(20)21)26-10-13-27(14-11-26,15-12-26)29-24(34)37-25(2,3)4;2*1-15-2-4-16(5-3-15)31(29,30)27-13-6-17-19(27)24-14-18-25-26-20(28(17)18)21-7-10-22(23,11-8-21)12-9-21/h5-9,16-17H,10-15H2,1-4H3,(H,29,31)(H,30,35)(H,32,34);5-9,16-17H,10-15H2,1-4H3,(H,29,34);2*2-6,13-14H,7-12,23H2,1H3. The van der Waals surface area contributed by atoms with Gasteiger partial charge in [-0.05, 0) is 296 Å². The smallest absolute Gasteiger partial charge is 0.408 e. The fourth-order valence-corrected chi connectivity index (χ4v) is 27.3. The average Bonchev–Trinajstić information content (AvgIpc) is 1.56. The SMILES string of the molecule is Cc1ccc(S(=O)(=O)n2ccc3c2ncc2nnc(C45CCC(N)(CC4)CC5)n23)cc1.Cc1ccc(S(=O)(=O)n2ccc3c2ncc2nnc(C45CCC(N)(CC4)CC5)n23)cc1.Cc1ccc(S(=O)(=O)n2ccc3c2ncc2nnc(C45CCC(NC(=O)OC(C)(C)C)(CC4)CC5)n23)cc1.Cc1ccc(S(=O)(=O)n2ccc3nc(NNC(=O)C45CCC(NC(=O)OC(C)(C)C)(CC4)CC5)cnc32)cc1. The molecule has 11 heterocycles. The minimum absolute atomic E-state index is 0.0371. The van der Waals surface area contributed by atoms with Crippen molar-refractivity contribution in [3.63, 3.8) is 0 Å². The second kappa shape index (κ2) is 33.8. The zero-order valence-electron chi connectivity index (χ0n) is 79.3. The van der Waals surface area contributed by atoms with Crippen LogP contribution in [0.3, 0.4) is 0 Å². The number of hydrazine groups is 1. The van der Waals surface area contributed by atoms with E-state index in [1.807, 2.05) is 82.4 Å². The highest BCUT2D eigenvalue weighted by Crippen LogP contribution is 2.57. The molecule has 0 unspecified atom stereocenters. The highest BCUT2D eigenvalue weighted by Gasteiger charge is 2.57. The van der Waals surface area contributed by atoms with Crippen molar-refractivity contribution in [1.29, 1.82) is 0 Å². The highest BCUT2D eigenvalue weighted by atomic mass is 32.2. The lowest BCUT2D eigenvalue weighted by atomic mass is 9.57. The minimum atomic E-state index is -3.83. The predicted octanol–water partition coefficient (Wildman–Crippen LogP) is 14.4. The Morgan fingerprint density at radius 2 is 0.619 bits per heavy atom. The number of hydrogen-bond acceptors (Lipinski definition) is 27. The normalized spacial score (nSPS) is 24.5. The van der Waals surface area contributed by atoms with Gasteiger partial charge in [0.25, 0.3) is 40.1 Å². The summed E-state index contributed by atoms with van der Waals surface area (Å²) in [6.45, 7) is 18.8. The third-order valence-corrected chi connectivity index (χ3v) is 37.3. The van der Waals surface area contributed by atoms with E-state index < -0.39 is 62.8 Å². The van der Waals surface area contributed by atoms with Crippen LogP contribution >= 0.6 is 0 Å². The van der Waals surface area contributed by atoms with E-state index in [0.29, 0.717) is 100 Å². The van der Waals surface area contributed by atoms with E-state index in [-0.39, 0.29) is 75.6 Å². The molecule has 0 spiro atoms.